The van der Waals surface area contributed by atoms with Crippen LogP contribution in [0.2, 0.25) is 0 Å². The lowest BCUT2D eigenvalue weighted by Gasteiger charge is -2.48. The van der Waals surface area contributed by atoms with Crippen LogP contribution in [0.3, 0.4) is 0 Å². The van der Waals surface area contributed by atoms with Crippen molar-refractivity contribution in [2.45, 2.75) is 130 Å². The molecule has 2 aliphatic heterocycles. The monoisotopic (exact) mass is 876 g/mol. The van der Waals surface area contributed by atoms with E-state index in [0.29, 0.717) is 0 Å². The third kappa shape index (κ3) is 7.15. The van der Waals surface area contributed by atoms with Crippen LogP contribution in [0.15, 0.2) is 140 Å². The Labute approximate surface area is 401 Å². The van der Waals surface area contributed by atoms with Gasteiger partial charge in [-0.2, -0.15) is 0 Å². The molecular weight excluding hydrogens is 810 g/mol. The normalized spacial score (nSPS) is 17.8. The van der Waals surface area contributed by atoms with Crippen molar-refractivity contribution < 1.29 is 0 Å². The van der Waals surface area contributed by atoms with Gasteiger partial charge in [0, 0.05) is 39.8 Å². The Balaban J connectivity index is 1.19. The van der Waals surface area contributed by atoms with Crippen molar-refractivity contribution >= 4 is 68.6 Å². The molecule has 67 heavy (non-hydrogen) atoms. The van der Waals surface area contributed by atoms with Gasteiger partial charge in [0.2, 0.25) is 0 Å². The zero-order valence-corrected chi connectivity index (χ0v) is 41.1. The first-order chi connectivity index (χ1) is 32.2. The maximum Gasteiger partial charge on any atom is 0.252 e. The molecule has 0 bridgehead atoms. The average Bonchev–Trinajstić information content (AvgIpc) is 3.62. The Kier molecular flexibility index (Phi) is 9.82. The lowest BCUT2D eigenvalue weighted by Crippen LogP contribution is -2.62. The van der Waals surface area contributed by atoms with Crippen molar-refractivity contribution in [3.05, 3.63) is 184 Å². The molecule has 1 atom stereocenters. The number of rotatable bonds is 5. The molecule has 1 unspecified atom stereocenters. The highest BCUT2D eigenvalue weighted by Gasteiger charge is 2.47. The molecule has 4 heteroatoms. The van der Waals surface area contributed by atoms with Gasteiger partial charge in [0.05, 0.1) is 11.7 Å². The van der Waals surface area contributed by atoms with Gasteiger partial charge < -0.3 is 14.7 Å². The number of nitrogens with zero attached hydrogens (tertiary/aromatic N) is 3. The van der Waals surface area contributed by atoms with Crippen LogP contribution in [0.5, 0.6) is 0 Å². The number of para-hydroxylation sites is 1. The largest absolute Gasteiger partial charge is 0.335 e. The van der Waals surface area contributed by atoms with Crippen molar-refractivity contribution in [1.29, 1.82) is 0 Å². The molecule has 0 saturated carbocycles. The van der Waals surface area contributed by atoms with Crippen molar-refractivity contribution in [3.8, 4) is 0 Å². The molecule has 7 aromatic carbocycles. The van der Waals surface area contributed by atoms with Crippen LogP contribution in [-0.2, 0) is 42.9 Å². The highest BCUT2D eigenvalue weighted by molar-refractivity contribution is 7.00. The second-order valence-electron chi connectivity index (χ2n) is 23.5. The Morgan fingerprint density at radius 3 is 1.70 bits per heavy atom. The molecule has 0 N–H and O–H groups in total. The average molecular weight is 876 g/mol. The standard InChI is InChI=1S/C63H66BN3/c1-61(2,3)46-25-29-49(30-26-46)65(50-31-27-47(28-32-50)62(4,5)6)51-37-58-60-59(38-51)67(55-24-16-20-41-17-14-15-23-52(41)55)57-36-45-40-63(7,8)39-44(45)34-54(57)64(60)53-33-42-18-12-13-19-43(42)35-56(53)66(58)48-21-10-9-11-22-48/h9-11,14-15,17,21-23,25-38,55H,12-13,16,18-20,24,39-40H2,1-8H3. The first-order valence-corrected chi connectivity index (χ1v) is 25.4. The minimum Gasteiger partial charge on any atom is -0.335 e. The minimum atomic E-state index is 0.0467. The zero-order chi connectivity index (χ0) is 46.0. The van der Waals surface area contributed by atoms with E-state index in [1.807, 2.05) is 0 Å². The fourth-order valence-electron chi connectivity index (χ4n) is 12.8. The van der Waals surface area contributed by atoms with E-state index in [1.165, 1.54) is 115 Å². The van der Waals surface area contributed by atoms with E-state index in [9.17, 15) is 0 Å². The van der Waals surface area contributed by atoms with Gasteiger partial charge >= 0.3 is 0 Å². The van der Waals surface area contributed by atoms with E-state index in [4.69, 9.17) is 0 Å². The Morgan fingerprint density at radius 2 is 1.04 bits per heavy atom. The van der Waals surface area contributed by atoms with Gasteiger partial charge in [0.25, 0.3) is 6.71 Å². The summed E-state index contributed by atoms with van der Waals surface area (Å²) in [4.78, 5) is 8.05. The van der Waals surface area contributed by atoms with Crippen molar-refractivity contribution in [2.75, 3.05) is 14.7 Å². The number of fused-ring (bicyclic) bond motifs is 7. The molecule has 3 nitrogen and oxygen atoms in total. The Hall–Kier alpha value is -6.00. The molecule has 0 amide bonds. The van der Waals surface area contributed by atoms with Crippen molar-refractivity contribution in [2.24, 2.45) is 5.41 Å². The van der Waals surface area contributed by atoms with Crippen LogP contribution >= 0.6 is 0 Å². The molecule has 336 valence electrons. The molecular formula is C63H66BN3. The fraction of sp³-hybridized carbons (Fsp3) is 0.333. The molecule has 0 spiro atoms. The third-order valence-electron chi connectivity index (χ3n) is 16.1. The highest BCUT2D eigenvalue weighted by Crippen LogP contribution is 2.51. The quantitative estimate of drug-likeness (QED) is 0.160. The van der Waals surface area contributed by atoms with Crippen LogP contribution in [0.4, 0.5) is 45.5 Å². The molecule has 0 aromatic heterocycles. The number of aryl methyl sites for hydroxylation is 3. The Bertz CT molecular complexity index is 3000. The molecule has 5 aliphatic rings. The lowest BCUT2D eigenvalue weighted by molar-refractivity contribution is 0.392. The topological polar surface area (TPSA) is 9.72 Å². The van der Waals surface area contributed by atoms with E-state index in [0.717, 1.165) is 38.5 Å². The predicted octanol–water partition coefficient (Wildman–Crippen LogP) is 14.6. The Morgan fingerprint density at radius 1 is 0.507 bits per heavy atom. The van der Waals surface area contributed by atoms with Gasteiger partial charge in [0.15, 0.2) is 0 Å². The summed E-state index contributed by atoms with van der Waals surface area (Å²) in [6.07, 6.45) is 10.5. The summed E-state index contributed by atoms with van der Waals surface area (Å²) in [7, 11) is 0. The summed E-state index contributed by atoms with van der Waals surface area (Å²) in [5.41, 5.74) is 26.6. The lowest BCUT2D eigenvalue weighted by atomic mass is 9.33. The van der Waals surface area contributed by atoms with Gasteiger partial charge in [-0.1, -0.05) is 134 Å². The van der Waals surface area contributed by atoms with Crippen molar-refractivity contribution in [1.82, 2.24) is 0 Å². The summed E-state index contributed by atoms with van der Waals surface area (Å²) < 4.78 is 0. The fourth-order valence-corrected chi connectivity index (χ4v) is 12.8. The molecule has 0 saturated heterocycles. The molecule has 7 aromatic rings. The van der Waals surface area contributed by atoms with Crippen LogP contribution in [-0.4, -0.2) is 6.71 Å². The van der Waals surface area contributed by atoms with Crippen LogP contribution in [0, 0.1) is 5.41 Å². The minimum absolute atomic E-state index is 0.0467. The first-order valence-electron chi connectivity index (χ1n) is 25.4. The van der Waals surface area contributed by atoms with E-state index in [1.54, 1.807) is 11.1 Å². The summed E-state index contributed by atoms with van der Waals surface area (Å²) in [5.74, 6) is 0. The van der Waals surface area contributed by atoms with E-state index < -0.39 is 0 Å². The maximum atomic E-state index is 2.86. The third-order valence-corrected chi connectivity index (χ3v) is 16.1. The highest BCUT2D eigenvalue weighted by atomic mass is 15.2. The van der Waals surface area contributed by atoms with Crippen LogP contribution in [0.1, 0.15) is 132 Å². The second kappa shape index (κ2) is 15.5. The van der Waals surface area contributed by atoms with Gasteiger partial charge in [0.1, 0.15) is 0 Å². The number of benzene rings is 7. The van der Waals surface area contributed by atoms with Gasteiger partial charge in [-0.15, -0.1) is 0 Å². The second-order valence-corrected chi connectivity index (χ2v) is 23.5. The number of hydrogen-bond acceptors (Lipinski definition) is 3. The summed E-state index contributed by atoms with van der Waals surface area (Å²) in [6.45, 7) is 18.9. The van der Waals surface area contributed by atoms with E-state index in [2.05, 4.69) is 210 Å². The molecule has 12 rings (SSSR count). The maximum absolute atomic E-state index is 2.86. The predicted molar refractivity (Wildman–Crippen MR) is 286 cm³/mol. The van der Waals surface area contributed by atoms with Gasteiger partial charge in [-0.3, -0.25) is 0 Å². The van der Waals surface area contributed by atoms with Gasteiger partial charge in [-0.25, -0.2) is 0 Å². The molecule has 0 fully saturated rings. The first kappa shape index (κ1) is 42.4. The molecule has 2 heterocycles. The summed E-state index contributed by atoms with van der Waals surface area (Å²) in [6, 6.07) is 55.5. The number of hydrogen-bond donors (Lipinski definition) is 0. The number of anilines is 8. The van der Waals surface area contributed by atoms with Gasteiger partial charge in [-0.05, 0) is 196 Å². The zero-order valence-electron chi connectivity index (χ0n) is 41.1. The summed E-state index contributed by atoms with van der Waals surface area (Å²) >= 11 is 0. The summed E-state index contributed by atoms with van der Waals surface area (Å²) in [5, 5.41) is 0. The molecule has 3 aliphatic carbocycles. The van der Waals surface area contributed by atoms with Crippen LogP contribution in [0.25, 0.3) is 0 Å². The smallest absolute Gasteiger partial charge is 0.252 e. The van der Waals surface area contributed by atoms with Crippen molar-refractivity contribution in [3.63, 3.8) is 0 Å². The van der Waals surface area contributed by atoms with E-state index >= 15 is 0 Å². The van der Waals surface area contributed by atoms with E-state index in [-0.39, 0.29) is 29.0 Å². The van der Waals surface area contributed by atoms with Crippen LogP contribution < -0.4 is 31.1 Å². The SMILES string of the molecule is CC1(C)Cc2cc3c(cc2C1)N(C1CCCc2ccccc21)c1cc(N(c2ccc(C(C)(C)C)cc2)c2ccc(C(C)(C)C)cc2)cc2c1B3c1cc3c(cc1N2c1ccccc1)CCCC3. The molecule has 0 radical (unpaired) electrons.